The van der Waals surface area contributed by atoms with Crippen molar-refractivity contribution in [3.05, 3.63) is 29.4 Å². The highest BCUT2D eigenvalue weighted by molar-refractivity contribution is 6.13. The van der Waals surface area contributed by atoms with E-state index >= 15 is 0 Å². The molecule has 0 bridgehead atoms. The van der Waals surface area contributed by atoms with Gasteiger partial charge in [-0.3, -0.25) is 4.79 Å². The van der Waals surface area contributed by atoms with Crippen LogP contribution in [0.1, 0.15) is 44.0 Å². The zero-order valence-electron chi connectivity index (χ0n) is 23.2. The maximum absolute atomic E-state index is 13.4. The van der Waals surface area contributed by atoms with Crippen LogP contribution in [0.25, 0.3) is 33.1 Å². The molecule has 0 spiro atoms. The first kappa shape index (κ1) is 26.0. The second-order valence-corrected chi connectivity index (χ2v) is 10.7. The summed E-state index contributed by atoms with van der Waals surface area (Å²) in [5.41, 5.74) is 4.18. The molecule has 1 fully saturated rings. The van der Waals surface area contributed by atoms with Crippen LogP contribution in [0, 0.1) is 26.7 Å². The van der Waals surface area contributed by atoms with Gasteiger partial charge in [-0.1, -0.05) is 19.0 Å². The first-order valence-corrected chi connectivity index (χ1v) is 13.2. The Morgan fingerprint density at radius 2 is 1.92 bits per heavy atom. The number of benzene rings is 1. The van der Waals surface area contributed by atoms with Gasteiger partial charge in [0, 0.05) is 22.5 Å². The number of hydrogen-bond acceptors (Lipinski definition) is 8. The monoisotopic (exact) mass is 519 g/mol. The number of aryl methyl sites for hydroxylation is 3. The average Bonchev–Trinajstić information content (AvgIpc) is 3.40. The molecule has 5 rings (SSSR count). The van der Waals surface area contributed by atoms with Gasteiger partial charge in [-0.05, 0) is 71.8 Å². The fourth-order valence-corrected chi connectivity index (χ4v) is 5.40. The van der Waals surface area contributed by atoms with Gasteiger partial charge in [-0.2, -0.15) is 0 Å². The maximum atomic E-state index is 13.4. The minimum atomic E-state index is -0.444. The molecule has 1 aliphatic heterocycles. The molecule has 3 N–H and O–H groups in total. The Morgan fingerprint density at radius 3 is 2.55 bits per heavy atom. The lowest BCUT2D eigenvalue weighted by molar-refractivity contribution is -0.123. The number of aromatic amines is 1. The summed E-state index contributed by atoms with van der Waals surface area (Å²) in [5, 5.41) is 12.6. The van der Waals surface area contributed by atoms with Gasteiger partial charge in [0.2, 0.25) is 5.91 Å². The number of piperidine rings is 1. The molecule has 1 atom stereocenters. The van der Waals surface area contributed by atoms with Crippen molar-refractivity contribution < 1.29 is 14.1 Å². The Bertz CT molecular complexity index is 1460. The van der Waals surface area contributed by atoms with Crippen LogP contribution < -0.4 is 15.4 Å². The third kappa shape index (κ3) is 4.80. The van der Waals surface area contributed by atoms with E-state index < -0.39 is 6.04 Å². The second-order valence-electron chi connectivity index (χ2n) is 10.7. The summed E-state index contributed by atoms with van der Waals surface area (Å²) in [6.07, 6.45) is 1.92. The predicted molar refractivity (Wildman–Crippen MR) is 149 cm³/mol. The highest BCUT2D eigenvalue weighted by atomic mass is 16.5. The molecule has 10 heteroatoms. The Balaban J connectivity index is 1.55. The number of hydrogen-bond donors (Lipinski definition) is 3. The van der Waals surface area contributed by atoms with Gasteiger partial charge >= 0.3 is 0 Å². The molecule has 1 aromatic carbocycles. The highest BCUT2D eigenvalue weighted by Gasteiger charge is 2.28. The van der Waals surface area contributed by atoms with Crippen molar-refractivity contribution in [1.29, 1.82) is 0 Å². The molecule has 38 heavy (non-hydrogen) atoms. The van der Waals surface area contributed by atoms with Gasteiger partial charge in [0.15, 0.2) is 0 Å². The van der Waals surface area contributed by atoms with E-state index in [9.17, 15) is 4.79 Å². The number of nitrogens with zero attached hydrogens (tertiary/aromatic N) is 4. The Kier molecular flexibility index (Phi) is 7.00. The molecule has 4 aromatic rings. The molecular formula is C28H37N7O3. The molecule has 3 aromatic heterocycles. The zero-order chi connectivity index (χ0) is 27.1. The van der Waals surface area contributed by atoms with Gasteiger partial charge < -0.3 is 29.8 Å². The Morgan fingerprint density at radius 1 is 1.18 bits per heavy atom. The molecule has 1 unspecified atom stereocenters. The largest absolute Gasteiger partial charge is 0.496 e. The SMILES string of the molecule is COc1cc2c(cc1-c1c(C)noc1C)[nH]c1nc(C)nc(NC(C(=O)NC3CCN(C)CC3)C(C)C)c12. The van der Waals surface area contributed by atoms with Crippen LogP contribution in [-0.4, -0.2) is 70.2 Å². The number of carbonyl (C=O) groups excluding carboxylic acids is 1. The van der Waals surface area contributed by atoms with E-state index in [0.29, 0.717) is 23.0 Å². The number of H-pyrrole nitrogens is 1. The molecule has 1 amide bonds. The summed E-state index contributed by atoms with van der Waals surface area (Å²) in [6.45, 7) is 11.7. The number of likely N-dealkylation sites (tertiary alicyclic amines) is 1. The van der Waals surface area contributed by atoms with Gasteiger partial charge in [-0.25, -0.2) is 9.97 Å². The van der Waals surface area contributed by atoms with Crippen LogP contribution in [-0.2, 0) is 4.79 Å². The third-order valence-electron chi connectivity index (χ3n) is 7.49. The lowest BCUT2D eigenvalue weighted by Gasteiger charge is -2.31. The fourth-order valence-electron chi connectivity index (χ4n) is 5.40. The molecule has 0 radical (unpaired) electrons. The molecule has 1 saturated heterocycles. The zero-order valence-corrected chi connectivity index (χ0v) is 23.2. The molecule has 202 valence electrons. The van der Waals surface area contributed by atoms with Crippen LogP contribution in [0.4, 0.5) is 5.82 Å². The smallest absolute Gasteiger partial charge is 0.243 e. The van der Waals surface area contributed by atoms with Crippen molar-refractivity contribution in [2.24, 2.45) is 5.92 Å². The molecule has 0 saturated carbocycles. The lowest BCUT2D eigenvalue weighted by Crippen LogP contribution is -2.50. The van der Waals surface area contributed by atoms with Crippen molar-refractivity contribution in [2.45, 2.75) is 59.5 Å². The van der Waals surface area contributed by atoms with Crippen LogP contribution in [0.3, 0.4) is 0 Å². The summed E-state index contributed by atoms with van der Waals surface area (Å²) in [5.74, 6) is 2.71. The first-order chi connectivity index (χ1) is 18.2. The van der Waals surface area contributed by atoms with Gasteiger partial charge in [0.1, 0.15) is 34.8 Å². The standard InChI is InChI=1S/C28H37N7O3/c1-14(2)25(28(36)31-18-8-10-35(6)11-9-18)33-27-24-19-13-22(37-7)20(23-15(3)34-38-16(23)4)12-21(19)32-26(24)29-17(5)30-27/h12-14,18,25H,8-11H2,1-7H3,(H,31,36)(H2,29,30,32,33). The van der Waals surface area contributed by atoms with Crippen LogP contribution in [0.2, 0.25) is 0 Å². The lowest BCUT2D eigenvalue weighted by atomic mass is 10.00. The number of rotatable bonds is 7. The predicted octanol–water partition coefficient (Wildman–Crippen LogP) is 4.35. The topological polar surface area (TPSA) is 121 Å². The van der Waals surface area contributed by atoms with E-state index in [4.69, 9.17) is 14.2 Å². The molecule has 4 heterocycles. The molecular weight excluding hydrogens is 482 g/mol. The van der Waals surface area contributed by atoms with Crippen molar-refractivity contribution >= 4 is 33.7 Å². The molecule has 1 aliphatic rings. The number of nitrogens with one attached hydrogen (secondary N) is 3. The summed E-state index contributed by atoms with van der Waals surface area (Å²) in [7, 11) is 3.77. The average molecular weight is 520 g/mol. The Labute approximate surface area is 222 Å². The number of amides is 1. The van der Waals surface area contributed by atoms with Gasteiger partial charge in [0.05, 0.1) is 23.8 Å². The van der Waals surface area contributed by atoms with Crippen LogP contribution >= 0.6 is 0 Å². The summed E-state index contributed by atoms with van der Waals surface area (Å²) in [6, 6.07) is 3.77. The minimum absolute atomic E-state index is 0.00270. The summed E-state index contributed by atoms with van der Waals surface area (Å²) < 4.78 is 11.2. The van der Waals surface area contributed by atoms with E-state index in [-0.39, 0.29) is 17.9 Å². The number of aromatic nitrogens is 4. The molecule has 10 nitrogen and oxygen atoms in total. The van der Waals surface area contributed by atoms with Gasteiger partial charge in [0.25, 0.3) is 0 Å². The quantitative estimate of drug-likeness (QED) is 0.330. The van der Waals surface area contributed by atoms with E-state index in [2.05, 4.69) is 37.7 Å². The van der Waals surface area contributed by atoms with Crippen molar-refractivity contribution in [3.63, 3.8) is 0 Å². The third-order valence-corrected chi connectivity index (χ3v) is 7.49. The number of fused-ring (bicyclic) bond motifs is 3. The summed E-state index contributed by atoms with van der Waals surface area (Å²) in [4.78, 5) is 28.6. The minimum Gasteiger partial charge on any atom is -0.496 e. The first-order valence-electron chi connectivity index (χ1n) is 13.2. The van der Waals surface area contributed by atoms with E-state index in [1.165, 1.54) is 0 Å². The van der Waals surface area contributed by atoms with Crippen LogP contribution in [0.5, 0.6) is 5.75 Å². The highest BCUT2D eigenvalue weighted by Crippen LogP contribution is 2.40. The van der Waals surface area contributed by atoms with Gasteiger partial charge in [-0.15, -0.1) is 0 Å². The normalized spacial score (nSPS) is 15.9. The number of anilines is 1. The van der Waals surface area contributed by atoms with Crippen molar-refractivity contribution in [3.8, 4) is 16.9 Å². The maximum Gasteiger partial charge on any atom is 0.243 e. The fraction of sp³-hybridized carbons (Fsp3) is 0.500. The Hall–Kier alpha value is -3.66. The molecule has 0 aliphatic carbocycles. The summed E-state index contributed by atoms with van der Waals surface area (Å²) >= 11 is 0. The van der Waals surface area contributed by atoms with Crippen LogP contribution in [0.15, 0.2) is 16.7 Å². The van der Waals surface area contributed by atoms with E-state index in [1.807, 2.05) is 46.8 Å². The van der Waals surface area contributed by atoms with Crippen molar-refractivity contribution in [1.82, 2.24) is 30.3 Å². The van der Waals surface area contributed by atoms with Crippen molar-refractivity contribution in [2.75, 3.05) is 32.6 Å². The second kappa shape index (κ2) is 10.2. The van der Waals surface area contributed by atoms with E-state index in [1.54, 1.807) is 7.11 Å². The van der Waals surface area contributed by atoms with E-state index in [0.717, 1.165) is 64.8 Å². The number of methoxy groups -OCH3 is 1. The number of ether oxygens (including phenoxy) is 1. The number of carbonyl (C=O) groups is 1.